The van der Waals surface area contributed by atoms with E-state index in [1.54, 1.807) is 30.3 Å². The molecule has 0 radical (unpaired) electrons. The second-order valence-corrected chi connectivity index (χ2v) is 11.6. The van der Waals surface area contributed by atoms with Gasteiger partial charge in [-0.05, 0) is 42.9 Å². The molecule has 3 aromatic carbocycles. The minimum absolute atomic E-state index is 0.0466. The lowest BCUT2D eigenvalue weighted by Crippen LogP contribution is -2.55. The highest BCUT2D eigenvalue weighted by Crippen LogP contribution is 2.20. The van der Waals surface area contributed by atoms with Crippen molar-refractivity contribution in [1.29, 1.82) is 0 Å². The third-order valence-electron chi connectivity index (χ3n) is 8.10. The van der Waals surface area contributed by atoms with Gasteiger partial charge in [0.25, 0.3) is 5.91 Å². The molecule has 0 spiro atoms. The Bertz CT molecular complexity index is 1530. The average molecular weight is 626 g/mol. The number of likely N-dealkylation sites (tertiary alicyclic amines) is 1. The SMILES string of the molecule is CC(NC(=O)C(CC(=O)Cc1ccccc1)Cc1ccccc1)C(=O)C(=O)NC(Cc1ccccc1)C(=O)N1CCCC1C(=O)O. The summed E-state index contributed by atoms with van der Waals surface area (Å²) >= 11 is 0. The zero-order chi connectivity index (χ0) is 33.1. The van der Waals surface area contributed by atoms with Gasteiger partial charge < -0.3 is 20.6 Å². The fourth-order valence-corrected chi connectivity index (χ4v) is 5.69. The van der Waals surface area contributed by atoms with Crippen LogP contribution in [0.1, 0.15) is 42.9 Å². The molecule has 0 bridgehead atoms. The van der Waals surface area contributed by atoms with Gasteiger partial charge in [0.2, 0.25) is 17.6 Å². The third-order valence-corrected chi connectivity index (χ3v) is 8.10. The van der Waals surface area contributed by atoms with E-state index < -0.39 is 53.5 Å². The van der Waals surface area contributed by atoms with Crippen molar-refractivity contribution in [2.24, 2.45) is 5.92 Å². The van der Waals surface area contributed by atoms with Gasteiger partial charge in [-0.1, -0.05) is 91.0 Å². The average Bonchev–Trinajstić information content (AvgIpc) is 3.55. The van der Waals surface area contributed by atoms with E-state index in [9.17, 15) is 33.9 Å². The molecule has 1 fully saturated rings. The number of hydrogen-bond donors (Lipinski definition) is 3. The van der Waals surface area contributed by atoms with Crippen LogP contribution in [-0.4, -0.2) is 69.9 Å². The first-order valence-corrected chi connectivity index (χ1v) is 15.4. The topological polar surface area (TPSA) is 150 Å². The minimum Gasteiger partial charge on any atom is -0.480 e. The number of carbonyl (C=O) groups excluding carboxylic acids is 5. The first-order chi connectivity index (χ1) is 22.1. The molecule has 10 heteroatoms. The zero-order valence-corrected chi connectivity index (χ0v) is 25.8. The second-order valence-electron chi connectivity index (χ2n) is 11.6. The highest BCUT2D eigenvalue weighted by molar-refractivity contribution is 6.38. The van der Waals surface area contributed by atoms with Crippen molar-refractivity contribution in [2.45, 2.75) is 63.6 Å². The first-order valence-electron chi connectivity index (χ1n) is 15.4. The van der Waals surface area contributed by atoms with Gasteiger partial charge >= 0.3 is 5.97 Å². The minimum atomic E-state index is -1.25. The number of carboxylic acids is 1. The molecule has 240 valence electrons. The molecule has 1 aliphatic rings. The van der Waals surface area contributed by atoms with E-state index in [4.69, 9.17) is 0 Å². The number of nitrogens with one attached hydrogen (secondary N) is 2. The lowest BCUT2D eigenvalue weighted by Gasteiger charge is -2.27. The largest absolute Gasteiger partial charge is 0.480 e. The van der Waals surface area contributed by atoms with Gasteiger partial charge in [-0.3, -0.25) is 24.0 Å². The number of hydrogen-bond acceptors (Lipinski definition) is 6. The quantitative estimate of drug-likeness (QED) is 0.220. The summed E-state index contributed by atoms with van der Waals surface area (Å²) in [5.74, 6) is -5.23. The molecule has 1 aliphatic heterocycles. The van der Waals surface area contributed by atoms with Gasteiger partial charge in [0, 0.05) is 31.7 Å². The van der Waals surface area contributed by atoms with E-state index in [0.29, 0.717) is 18.4 Å². The number of ketones is 2. The summed E-state index contributed by atoms with van der Waals surface area (Å²) in [6.45, 7) is 1.60. The first kappa shape index (κ1) is 33.8. The van der Waals surface area contributed by atoms with Gasteiger partial charge in [-0.25, -0.2) is 4.79 Å². The van der Waals surface area contributed by atoms with E-state index in [1.165, 1.54) is 11.8 Å². The van der Waals surface area contributed by atoms with Gasteiger partial charge in [0.1, 0.15) is 17.9 Å². The van der Waals surface area contributed by atoms with Gasteiger partial charge in [0.05, 0.1) is 6.04 Å². The maximum atomic E-state index is 13.5. The molecule has 3 amide bonds. The van der Waals surface area contributed by atoms with Crippen molar-refractivity contribution in [3.05, 3.63) is 108 Å². The molecular formula is C36H39N3O7. The highest BCUT2D eigenvalue weighted by atomic mass is 16.4. The summed E-state index contributed by atoms with van der Waals surface area (Å²) < 4.78 is 0. The van der Waals surface area contributed by atoms with Gasteiger partial charge in [0.15, 0.2) is 0 Å². The van der Waals surface area contributed by atoms with Crippen molar-refractivity contribution in [3.8, 4) is 0 Å². The van der Waals surface area contributed by atoms with Crippen LogP contribution in [0.25, 0.3) is 0 Å². The van der Waals surface area contributed by atoms with Crippen molar-refractivity contribution in [3.63, 3.8) is 0 Å². The number of aliphatic carboxylic acids is 1. The fraction of sp³-hybridized carbons (Fsp3) is 0.333. The summed E-state index contributed by atoms with van der Waals surface area (Å²) in [5, 5.41) is 14.7. The van der Waals surface area contributed by atoms with Gasteiger partial charge in [-0.15, -0.1) is 0 Å². The van der Waals surface area contributed by atoms with Gasteiger partial charge in [-0.2, -0.15) is 0 Å². The Hall–Kier alpha value is -5.12. The van der Waals surface area contributed by atoms with E-state index >= 15 is 0 Å². The molecule has 3 N–H and O–H groups in total. The van der Waals surface area contributed by atoms with Crippen LogP contribution in [0.15, 0.2) is 91.0 Å². The summed E-state index contributed by atoms with van der Waals surface area (Å²) in [5.41, 5.74) is 2.38. The molecule has 46 heavy (non-hydrogen) atoms. The Kier molecular flexibility index (Phi) is 11.9. The molecule has 4 unspecified atom stereocenters. The highest BCUT2D eigenvalue weighted by Gasteiger charge is 2.38. The third kappa shape index (κ3) is 9.44. The number of nitrogens with zero attached hydrogens (tertiary/aromatic N) is 1. The molecule has 10 nitrogen and oxygen atoms in total. The Morgan fingerprint density at radius 2 is 1.33 bits per heavy atom. The smallest absolute Gasteiger partial charge is 0.326 e. The predicted molar refractivity (Wildman–Crippen MR) is 170 cm³/mol. The van der Waals surface area contributed by atoms with Crippen LogP contribution in [0, 0.1) is 5.92 Å². The standard InChI is InChI=1S/C36H39N3O7/c1-24(37-33(42)28(20-25-12-5-2-6-13-25)23-29(40)21-26-14-7-3-8-15-26)32(41)34(43)38-30(22-27-16-9-4-10-17-27)35(44)39-19-11-18-31(39)36(45)46/h2-10,12-17,24,28,30-31H,11,18-23H2,1H3,(H,37,42)(H,38,43)(H,45,46). The fourth-order valence-electron chi connectivity index (χ4n) is 5.69. The van der Waals surface area contributed by atoms with Crippen molar-refractivity contribution < 1.29 is 33.9 Å². The zero-order valence-electron chi connectivity index (χ0n) is 25.8. The van der Waals surface area contributed by atoms with E-state index in [2.05, 4.69) is 10.6 Å². The van der Waals surface area contributed by atoms with Crippen LogP contribution in [0.4, 0.5) is 0 Å². The Morgan fingerprint density at radius 1 is 0.783 bits per heavy atom. The molecule has 4 atom stereocenters. The van der Waals surface area contributed by atoms with Crippen molar-refractivity contribution in [2.75, 3.05) is 6.54 Å². The number of Topliss-reactive ketones (excluding diaryl/α,β-unsaturated/α-hetero) is 2. The van der Waals surface area contributed by atoms with E-state index in [-0.39, 0.29) is 38.0 Å². The number of amides is 3. The van der Waals surface area contributed by atoms with Crippen LogP contribution in [0.2, 0.25) is 0 Å². The summed E-state index contributed by atoms with van der Waals surface area (Å²) in [6.07, 6.45) is 1.21. The van der Waals surface area contributed by atoms with Crippen molar-refractivity contribution in [1.82, 2.24) is 15.5 Å². The molecule has 0 aromatic heterocycles. The Balaban J connectivity index is 1.44. The van der Waals surface area contributed by atoms with Crippen LogP contribution < -0.4 is 10.6 Å². The number of carbonyl (C=O) groups is 6. The lowest BCUT2D eigenvalue weighted by atomic mass is 9.91. The number of benzene rings is 3. The number of rotatable bonds is 15. The second kappa shape index (κ2) is 16.3. The predicted octanol–water partition coefficient (Wildman–Crippen LogP) is 2.92. The molecule has 1 heterocycles. The molecule has 1 saturated heterocycles. The normalized spacial score (nSPS) is 16.1. The summed E-state index contributed by atoms with van der Waals surface area (Å²) in [4.78, 5) is 79.3. The molecule has 3 aromatic rings. The van der Waals surface area contributed by atoms with Crippen LogP contribution >= 0.6 is 0 Å². The monoisotopic (exact) mass is 625 g/mol. The molecule has 0 aliphatic carbocycles. The maximum absolute atomic E-state index is 13.5. The van der Waals surface area contributed by atoms with E-state index in [0.717, 1.165) is 11.1 Å². The summed E-state index contributed by atoms with van der Waals surface area (Å²) in [7, 11) is 0. The Morgan fingerprint density at radius 3 is 1.89 bits per heavy atom. The van der Waals surface area contributed by atoms with Crippen LogP contribution in [0.3, 0.4) is 0 Å². The van der Waals surface area contributed by atoms with Crippen molar-refractivity contribution >= 4 is 35.3 Å². The molecule has 4 rings (SSSR count). The molecule has 0 saturated carbocycles. The van der Waals surface area contributed by atoms with Crippen LogP contribution in [-0.2, 0) is 48.0 Å². The molecular weight excluding hydrogens is 586 g/mol. The Labute approximate surface area is 268 Å². The number of carboxylic acid groups (broad SMARTS) is 1. The maximum Gasteiger partial charge on any atom is 0.326 e. The van der Waals surface area contributed by atoms with E-state index in [1.807, 2.05) is 60.7 Å². The van der Waals surface area contributed by atoms with Crippen LogP contribution in [0.5, 0.6) is 0 Å². The summed E-state index contributed by atoms with van der Waals surface area (Å²) in [6, 6.07) is 23.8. The lowest BCUT2D eigenvalue weighted by molar-refractivity contribution is -0.150.